The Labute approximate surface area is 158 Å². The Morgan fingerprint density at radius 2 is 0.516 bits per heavy atom. The van der Waals surface area contributed by atoms with Crippen LogP contribution in [0.1, 0.15) is 13.8 Å². The molecule has 0 N–H and O–H groups in total. The summed E-state index contributed by atoms with van der Waals surface area (Å²) < 4.78 is 246. The van der Waals surface area contributed by atoms with Crippen LogP contribution in [0, 0.1) is 5.92 Å². The lowest BCUT2D eigenvalue weighted by Gasteiger charge is -2.44. The molecule has 0 amide bonds. The molecule has 0 aliphatic heterocycles. The van der Waals surface area contributed by atoms with Gasteiger partial charge >= 0.3 is 53.6 Å². The van der Waals surface area contributed by atoms with Gasteiger partial charge in [-0.3, -0.25) is 0 Å². The molecule has 0 atom stereocenters. The zero-order chi connectivity index (χ0) is 26.1. The summed E-state index contributed by atoms with van der Waals surface area (Å²) >= 11 is 0. The predicted molar refractivity (Wildman–Crippen MR) is 60.5 cm³/mol. The highest BCUT2D eigenvalue weighted by Gasteiger charge is 2.96. The van der Waals surface area contributed by atoms with Crippen molar-refractivity contribution in [1.82, 2.24) is 0 Å². The molecule has 0 saturated carbocycles. The molecule has 0 aliphatic rings. The van der Waals surface area contributed by atoms with Crippen molar-refractivity contribution in [2.75, 3.05) is 0 Å². The van der Waals surface area contributed by atoms with Gasteiger partial charge in [-0.1, -0.05) is 13.8 Å². The Morgan fingerprint density at radius 1 is 0.323 bits per heavy atom. The molecule has 0 aromatic carbocycles. The van der Waals surface area contributed by atoms with E-state index in [1.54, 1.807) is 0 Å². The molecule has 0 unspecified atom stereocenters. The first-order valence-electron chi connectivity index (χ1n) is 7.03. The van der Waals surface area contributed by atoms with Gasteiger partial charge in [0.2, 0.25) is 0 Å². The minimum Gasteiger partial charge on any atom is -0.199 e. The molecule has 188 valence electrons. The molecular formula is C12H7F19. The fourth-order valence-electron chi connectivity index (χ4n) is 1.74. The SMILES string of the molecule is CC(C)C(F)(F)C(F)(F)C(F)(F)C(F)(F)C(F)(F)C(F)(F)C(F)(F)C(F)(F)C(F)(F)F. The van der Waals surface area contributed by atoms with Crippen LogP contribution in [0.3, 0.4) is 0 Å². The van der Waals surface area contributed by atoms with Crippen LogP contribution in [0.4, 0.5) is 83.4 Å². The third-order valence-corrected chi connectivity index (χ3v) is 3.87. The minimum absolute atomic E-state index is 0.0904. The third-order valence-electron chi connectivity index (χ3n) is 3.87. The largest absolute Gasteiger partial charge is 0.460 e. The van der Waals surface area contributed by atoms with E-state index in [1.807, 2.05) is 0 Å². The first kappa shape index (κ1) is 29.7. The maximum Gasteiger partial charge on any atom is 0.460 e. The number of hydrogen-bond donors (Lipinski definition) is 0. The van der Waals surface area contributed by atoms with Crippen LogP contribution in [0.15, 0.2) is 0 Å². The second-order valence-electron chi connectivity index (χ2n) is 6.30. The topological polar surface area (TPSA) is 0 Å². The summed E-state index contributed by atoms with van der Waals surface area (Å²) in [5.74, 6) is -69.0. The summed E-state index contributed by atoms with van der Waals surface area (Å²) in [5, 5.41) is 0. The van der Waals surface area contributed by atoms with Crippen LogP contribution < -0.4 is 0 Å². The molecule has 31 heavy (non-hydrogen) atoms. The summed E-state index contributed by atoms with van der Waals surface area (Å²) in [7, 11) is 0. The zero-order valence-electron chi connectivity index (χ0n) is 14.3. The van der Waals surface area contributed by atoms with E-state index < -0.39 is 59.5 Å². The van der Waals surface area contributed by atoms with Crippen molar-refractivity contribution >= 4 is 0 Å². The van der Waals surface area contributed by atoms with Gasteiger partial charge in [-0.05, 0) is 0 Å². The van der Waals surface area contributed by atoms with Gasteiger partial charge in [-0.25, -0.2) is 0 Å². The molecule has 0 aromatic heterocycles. The van der Waals surface area contributed by atoms with E-state index in [-0.39, 0.29) is 13.8 Å². The van der Waals surface area contributed by atoms with Crippen molar-refractivity contribution < 1.29 is 83.4 Å². The molecule has 0 radical (unpaired) electrons. The second kappa shape index (κ2) is 7.08. The Kier molecular flexibility index (Phi) is 6.78. The summed E-state index contributed by atoms with van der Waals surface area (Å²) in [6.07, 6.45) is -7.87. The number of halogens is 19. The molecule has 0 bridgehead atoms. The van der Waals surface area contributed by atoms with E-state index >= 15 is 0 Å². The second-order valence-corrected chi connectivity index (χ2v) is 6.30. The van der Waals surface area contributed by atoms with Gasteiger partial charge in [-0.15, -0.1) is 0 Å². The van der Waals surface area contributed by atoms with Crippen molar-refractivity contribution in [2.24, 2.45) is 5.92 Å². The highest BCUT2D eigenvalue weighted by Crippen LogP contribution is 2.65. The average molecular weight is 512 g/mol. The van der Waals surface area contributed by atoms with Crippen LogP contribution in [0.25, 0.3) is 0 Å². The third kappa shape index (κ3) is 3.47. The Hall–Kier alpha value is -1.33. The summed E-state index contributed by atoms with van der Waals surface area (Å²) in [6.45, 7) is -0.181. The van der Waals surface area contributed by atoms with Crippen molar-refractivity contribution in [3.05, 3.63) is 0 Å². The van der Waals surface area contributed by atoms with Crippen molar-refractivity contribution in [1.29, 1.82) is 0 Å². The molecule has 0 aromatic rings. The van der Waals surface area contributed by atoms with Gasteiger partial charge in [0.25, 0.3) is 0 Å². The molecule has 0 fully saturated rings. The maximum absolute atomic E-state index is 13.3. The van der Waals surface area contributed by atoms with Crippen molar-refractivity contribution in [3.63, 3.8) is 0 Å². The van der Waals surface area contributed by atoms with Gasteiger partial charge < -0.3 is 0 Å². The molecule has 0 rings (SSSR count). The van der Waals surface area contributed by atoms with Gasteiger partial charge in [0, 0.05) is 5.92 Å². The van der Waals surface area contributed by atoms with Crippen LogP contribution in [-0.2, 0) is 0 Å². The fraction of sp³-hybridized carbons (Fsp3) is 1.00. The minimum atomic E-state index is -8.86. The lowest BCUT2D eigenvalue weighted by atomic mass is 9.85. The molecular weight excluding hydrogens is 505 g/mol. The fourth-order valence-corrected chi connectivity index (χ4v) is 1.74. The molecule has 0 aliphatic carbocycles. The zero-order valence-corrected chi connectivity index (χ0v) is 14.3. The van der Waals surface area contributed by atoms with E-state index in [0.717, 1.165) is 0 Å². The first-order valence-corrected chi connectivity index (χ1v) is 7.03. The highest BCUT2D eigenvalue weighted by atomic mass is 19.4. The molecule has 0 spiro atoms. The van der Waals surface area contributed by atoms with E-state index in [1.165, 1.54) is 0 Å². The predicted octanol–water partition coefficient (Wildman–Crippen LogP) is 7.29. The molecule has 19 heteroatoms. The summed E-state index contributed by atoms with van der Waals surface area (Å²) in [6, 6.07) is 0. The summed E-state index contributed by atoms with van der Waals surface area (Å²) in [4.78, 5) is 0. The van der Waals surface area contributed by atoms with Gasteiger partial charge in [-0.2, -0.15) is 83.4 Å². The smallest absolute Gasteiger partial charge is 0.199 e. The van der Waals surface area contributed by atoms with Crippen LogP contribution in [0.2, 0.25) is 0 Å². The Balaban J connectivity index is 6.91. The standard InChI is InChI=1S/C12H7F19/c1-3(2)4(13,14)5(15,16)6(17,18)7(19,20)8(21,22)9(23,24)10(25,26)11(27,28)12(29,30)31/h3H,1-2H3. The van der Waals surface area contributed by atoms with E-state index in [2.05, 4.69) is 0 Å². The molecule has 0 heterocycles. The van der Waals surface area contributed by atoms with Gasteiger partial charge in [0.05, 0.1) is 0 Å². The normalized spacial score (nSPS) is 16.8. The van der Waals surface area contributed by atoms with Gasteiger partial charge in [0.1, 0.15) is 0 Å². The average Bonchev–Trinajstić information content (AvgIpc) is 2.52. The lowest BCUT2D eigenvalue weighted by Crippen LogP contribution is -2.76. The molecule has 0 saturated heterocycles. The summed E-state index contributed by atoms with van der Waals surface area (Å²) in [5.41, 5.74) is 0. The Morgan fingerprint density at radius 3 is 0.710 bits per heavy atom. The van der Waals surface area contributed by atoms with Crippen LogP contribution in [-0.4, -0.2) is 53.6 Å². The first-order chi connectivity index (χ1) is 12.9. The number of hydrogen-bond acceptors (Lipinski definition) is 0. The lowest BCUT2D eigenvalue weighted by molar-refractivity contribution is -0.469. The highest BCUT2D eigenvalue weighted by molar-refractivity contribution is 5.16. The van der Waals surface area contributed by atoms with Gasteiger partial charge in [0.15, 0.2) is 0 Å². The van der Waals surface area contributed by atoms with Crippen LogP contribution >= 0.6 is 0 Å². The van der Waals surface area contributed by atoms with E-state index in [0.29, 0.717) is 0 Å². The number of rotatable bonds is 8. The monoisotopic (exact) mass is 512 g/mol. The van der Waals surface area contributed by atoms with Crippen LogP contribution in [0.5, 0.6) is 0 Å². The van der Waals surface area contributed by atoms with E-state index in [9.17, 15) is 83.4 Å². The quantitative estimate of drug-likeness (QED) is 0.300. The van der Waals surface area contributed by atoms with Crippen molar-refractivity contribution in [3.8, 4) is 0 Å². The maximum atomic E-state index is 13.3. The molecule has 0 nitrogen and oxygen atoms in total. The van der Waals surface area contributed by atoms with E-state index in [4.69, 9.17) is 0 Å². The van der Waals surface area contributed by atoms with Crippen molar-refractivity contribution in [2.45, 2.75) is 67.4 Å². The number of alkyl halides is 19. The Bertz CT molecular complexity index is 651.